The van der Waals surface area contributed by atoms with Gasteiger partial charge >= 0.3 is 5.97 Å². The molecule has 1 aromatic heterocycles. The summed E-state index contributed by atoms with van der Waals surface area (Å²) < 4.78 is 4.98. The summed E-state index contributed by atoms with van der Waals surface area (Å²) in [6.45, 7) is 6.44. The first kappa shape index (κ1) is 21.5. The van der Waals surface area contributed by atoms with Crippen molar-refractivity contribution in [3.05, 3.63) is 53.2 Å². The number of carbonyl (C=O) groups is 3. The third kappa shape index (κ3) is 4.50. The average molecular weight is 409 g/mol. The lowest BCUT2D eigenvalue weighted by Gasteiger charge is -2.23. The van der Waals surface area contributed by atoms with Gasteiger partial charge in [-0.1, -0.05) is 32.0 Å². The number of ether oxygens (including phenoxy) is 1. The van der Waals surface area contributed by atoms with Crippen LogP contribution in [-0.4, -0.2) is 35.9 Å². The van der Waals surface area contributed by atoms with Gasteiger partial charge in [-0.25, -0.2) is 9.78 Å². The number of amides is 2. The Hall–Kier alpha value is -3.22. The fourth-order valence-electron chi connectivity index (χ4n) is 3.73. The second-order valence-corrected chi connectivity index (χ2v) is 7.18. The summed E-state index contributed by atoms with van der Waals surface area (Å²) >= 11 is 0. The number of benzene rings is 1. The highest BCUT2D eigenvalue weighted by Crippen LogP contribution is 2.32. The van der Waals surface area contributed by atoms with Crippen molar-refractivity contribution in [1.82, 2.24) is 4.98 Å². The molecule has 2 heterocycles. The van der Waals surface area contributed by atoms with Crippen LogP contribution in [0, 0.1) is 5.92 Å². The van der Waals surface area contributed by atoms with Gasteiger partial charge in [0.1, 0.15) is 5.82 Å². The zero-order valence-corrected chi connectivity index (χ0v) is 17.6. The highest BCUT2D eigenvalue weighted by molar-refractivity contribution is 6.04. The van der Waals surface area contributed by atoms with E-state index in [1.54, 1.807) is 11.8 Å². The number of nitrogens with one attached hydrogen (secondary N) is 1. The van der Waals surface area contributed by atoms with Crippen LogP contribution >= 0.6 is 0 Å². The molecule has 3 rings (SSSR count). The predicted molar refractivity (Wildman–Crippen MR) is 114 cm³/mol. The van der Waals surface area contributed by atoms with Crippen LogP contribution in [0.15, 0.2) is 36.5 Å². The number of aromatic nitrogens is 1. The fraction of sp³-hybridized carbons (Fsp3) is 0.391. The summed E-state index contributed by atoms with van der Waals surface area (Å²) in [4.78, 5) is 43.3. The van der Waals surface area contributed by atoms with Crippen molar-refractivity contribution in [1.29, 1.82) is 0 Å². The molecule has 0 radical (unpaired) electrons. The van der Waals surface area contributed by atoms with Gasteiger partial charge in [0.15, 0.2) is 0 Å². The van der Waals surface area contributed by atoms with E-state index in [0.717, 1.165) is 29.7 Å². The summed E-state index contributed by atoms with van der Waals surface area (Å²) in [5.41, 5.74) is 3.46. The minimum absolute atomic E-state index is 0.0565. The van der Waals surface area contributed by atoms with E-state index in [0.29, 0.717) is 12.1 Å². The molecule has 1 fully saturated rings. The number of hydrogen-bond donors (Lipinski definition) is 1. The Morgan fingerprint density at radius 3 is 2.50 bits per heavy atom. The summed E-state index contributed by atoms with van der Waals surface area (Å²) in [6.07, 6.45) is 3.21. The standard InChI is InChI=1S/C23H27N3O4/c1-4-15-8-7-9-16(5-2)21(15)26-14-18(13-20(26)27)22(28)25-19-12-17(10-11-24-19)23(29)30-6-3/h7-12,18H,4-6,13-14H2,1-3H3,(H,24,25,28). The molecule has 1 saturated heterocycles. The van der Waals surface area contributed by atoms with Crippen LogP contribution < -0.4 is 10.2 Å². The van der Waals surface area contributed by atoms with Gasteiger partial charge in [-0.2, -0.15) is 0 Å². The number of aryl methyl sites for hydroxylation is 2. The molecule has 1 aliphatic rings. The Morgan fingerprint density at radius 2 is 1.87 bits per heavy atom. The minimum Gasteiger partial charge on any atom is -0.462 e. The third-order valence-electron chi connectivity index (χ3n) is 5.25. The van der Waals surface area contributed by atoms with Crippen LogP contribution in [0.1, 0.15) is 48.7 Å². The normalized spacial score (nSPS) is 15.9. The molecule has 0 saturated carbocycles. The number of anilines is 2. The van der Waals surface area contributed by atoms with Gasteiger partial charge in [0, 0.05) is 24.8 Å². The largest absolute Gasteiger partial charge is 0.462 e. The van der Waals surface area contributed by atoms with E-state index in [-0.39, 0.29) is 30.7 Å². The van der Waals surface area contributed by atoms with Crippen molar-refractivity contribution in [2.24, 2.45) is 5.92 Å². The van der Waals surface area contributed by atoms with E-state index in [4.69, 9.17) is 4.74 Å². The number of carbonyl (C=O) groups excluding carboxylic acids is 3. The minimum atomic E-state index is -0.486. The first-order valence-corrected chi connectivity index (χ1v) is 10.3. The van der Waals surface area contributed by atoms with Crippen LogP contribution in [0.3, 0.4) is 0 Å². The smallest absolute Gasteiger partial charge is 0.338 e. The average Bonchev–Trinajstić information content (AvgIpc) is 3.14. The number of hydrogen-bond acceptors (Lipinski definition) is 5. The summed E-state index contributed by atoms with van der Waals surface area (Å²) in [6, 6.07) is 9.07. The molecule has 1 unspecified atom stereocenters. The highest BCUT2D eigenvalue weighted by atomic mass is 16.5. The number of esters is 1. The van der Waals surface area contributed by atoms with Gasteiger partial charge in [0.25, 0.3) is 0 Å². The lowest BCUT2D eigenvalue weighted by molar-refractivity contribution is -0.122. The molecule has 2 amide bonds. The molecular formula is C23H27N3O4. The van der Waals surface area contributed by atoms with E-state index < -0.39 is 11.9 Å². The maximum atomic E-state index is 12.8. The number of pyridine rings is 1. The molecule has 7 nitrogen and oxygen atoms in total. The Bertz CT molecular complexity index is 935. The van der Waals surface area contributed by atoms with Crippen LogP contribution in [0.25, 0.3) is 0 Å². The first-order chi connectivity index (χ1) is 14.5. The second-order valence-electron chi connectivity index (χ2n) is 7.18. The molecule has 0 bridgehead atoms. The lowest BCUT2D eigenvalue weighted by atomic mass is 10.0. The zero-order chi connectivity index (χ0) is 21.7. The molecule has 1 aliphatic heterocycles. The number of para-hydroxylation sites is 1. The number of rotatable bonds is 7. The summed E-state index contributed by atoms with van der Waals surface area (Å²) in [5.74, 6) is -1.04. The van der Waals surface area contributed by atoms with Gasteiger partial charge in [-0.05, 0) is 43.0 Å². The van der Waals surface area contributed by atoms with Gasteiger partial charge in [0.05, 0.1) is 18.1 Å². The van der Waals surface area contributed by atoms with E-state index >= 15 is 0 Å². The van der Waals surface area contributed by atoms with Crippen molar-refractivity contribution in [3.63, 3.8) is 0 Å². The quantitative estimate of drug-likeness (QED) is 0.708. The molecule has 30 heavy (non-hydrogen) atoms. The topological polar surface area (TPSA) is 88.6 Å². The van der Waals surface area contributed by atoms with Crippen molar-refractivity contribution in [3.8, 4) is 0 Å². The van der Waals surface area contributed by atoms with Crippen LogP contribution in [-0.2, 0) is 27.2 Å². The SMILES string of the molecule is CCOC(=O)c1ccnc(NC(=O)C2CC(=O)N(c3c(CC)cccc3CC)C2)c1. The van der Waals surface area contributed by atoms with Gasteiger partial charge < -0.3 is 15.0 Å². The van der Waals surface area contributed by atoms with Crippen molar-refractivity contribution in [2.75, 3.05) is 23.4 Å². The third-order valence-corrected chi connectivity index (χ3v) is 5.25. The van der Waals surface area contributed by atoms with Crippen LogP contribution in [0.4, 0.5) is 11.5 Å². The first-order valence-electron chi connectivity index (χ1n) is 10.3. The maximum absolute atomic E-state index is 12.8. The number of nitrogens with zero attached hydrogens (tertiary/aromatic N) is 2. The van der Waals surface area contributed by atoms with E-state index in [1.165, 1.54) is 18.3 Å². The van der Waals surface area contributed by atoms with Gasteiger partial charge in [-0.15, -0.1) is 0 Å². The van der Waals surface area contributed by atoms with Crippen molar-refractivity contribution >= 4 is 29.3 Å². The summed E-state index contributed by atoms with van der Waals surface area (Å²) in [5, 5.41) is 2.73. The van der Waals surface area contributed by atoms with E-state index in [2.05, 4.69) is 24.1 Å². The maximum Gasteiger partial charge on any atom is 0.338 e. The lowest BCUT2D eigenvalue weighted by Crippen LogP contribution is -2.29. The molecule has 1 atom stereocenters. The van der Waals surface area contributed by atoms with Gasteiger partial charge in [0.2, 0.25) is 11.8 Å². The Labute approximate surface area is 176 Å². The van der Waals surface area contributed by atoms with Crippen molar-refractivity contribution < 1.29 is 19.1 Å². The summed E-state index contributed by atoms with van der Waals surface area (Å²) in [7, 11) is 0. The van der Waals surface area contributed by atoms with Gasteiger partial charge in [-0.3, -0.25) is 9.59 Å². The van der Waals surface area contributed by atoms with E-state index in [9.17, 15) is 14.4 Å². The Kier molecular flexibility index (Phi) is 6.82. The molecule has 7 heteroatoms. The second kappa shape index (κ2) is 9.52. The zero-order valence-electron chi connectivity index (χ0n) is 17.6. The van der Waals surface area contributed by atoms with Crippen LogP contribution in [0.5, 0.6) is 0 Å². The molecule has 1 N–H and O–H groups in total. The monoisotopic (exact) mass is 409 g/mol. The molecular weight excluding hydrogens is 382 g/mol. The fourth-order valence-corrected chi connectivity index (χ4v) is 3.73. The highest BCUT2D eigenvalue weighted by Gasteiger charge is 2.36. The molecule has 2 aromatic rings. The van der Waals surface area contributed by atoms with Crippen LogP contribution in [0.2, 0.25) is 0 Å². The van der Waals surface area contributed by atoms with Crippen molar-refractivity contribution in [2.45, 2.75) is 40.0 Å². The van der Waals surface area contributed by atoms with E-state index in [1.807, 2.05) is 18.2 Å². The molecule has 1 aromatic carbocycles. The molecule has 158 valence electrons. The Balaban J connectivity index is 1.75. The Morgan fingerprint density at radius 1 is 1.17 bits per heavy atom. The molecule has 0 aliphatic carbocycles. The predicted octanol–water partition coefficient (Wildman–Crippen LogP) is 3.37. The molecule has 0 spiro atoms.